The van der Waals surface area contributed by atoms with Gasteiger partial charge in [-0.15, -0.1) is 0 Å². The first-order valence-corrected chi connectivity index (χ1v) is 9.97. The van der Waals surface area contributed by atoms with Crippen LogP contribution in [-0.2, 0) is 6.42 Å². The van der Waals surface area contributed by atoms with Crippen LogP contribution in [0.25, 0.3) is 0 Å². The van der Waals surface area contributed by atoms with E-state index in [1.807, 2.05) is 13.1 Å². The lowest BCUT2D eigenvalue weighted by Crippen LogP contribution is -2.13. The zero-order chi connectivity index (χ0) is 18.3. The maximum absolute atomic E-state index is 6.15. The molecule has 0 spiro atoms. The monoisotopic (exact) mass is 351 g/mol. The van der Waals surface area contributed by atoms with E-state index in [0.717, 1.165) is 68.7 Å². The Kier molecular flexibility index (Phi) is 12.0. The first-order valence-electron chi connectivity index (χ1n) is 9.97. The van der Waals surface area contributed by atoms with Crippen molar-refractivity contribution in [2.45, 2.75) is 65.7 Å². The van der Waals surface area contributed by atoms with Crippen molar-refractivity contribution < 1.29 is 14.2 Å². The summed E-state index contributed by atoms with van der Waals surface area (Å²) in [6, 6.07) is 4.15. The second kappa shape index (κ2) is 13.8. The van der Waals surface area contributed by atoms with Crippen LogP contribution in [0.4, 0.5) is 0 Å². The molecule has 25 heavy (non-hydrogen) atoms. The van der Waals surface area contributed by atoms with Crippen molar-refractivity contribution >= 4 is 0 Å². The Labute approximate surface area is 154 Å². The van der Waals surface area contributed by atoms with Crippen LogP contribution in [0.1, 0.15) is 64.9 Å². The molecule has 0 unspecified atom stereocenters. The Balaban J connectivity index is 3.05. The molecule has 0 aromatic heterocycles. The van der Waals surface area contributed by atoms with Crippen LogP contribution in [0, 0.1) is 0 Å². The van der Waals surface area contributed by atoms with Gasteiger partial charge in [-0.05, 0) is 50.9 Å². The average Bonchev–Trinajstić information content (AvgIpc) is 2.62. The SMILES string of the molecule is CCCCOc1ccc(CCNC)c(OCCCC)c1OCCCC. The number of hydrogen-bond acceptors (Lipinski definition) is 4. The smallest absolute Gasteiger partial charge is 0.203 e. The summed E-state index contributed by atoms with van der Waals surface area (Å²) in [5, 5.41) is 3.21. The van der Waals surface area contributed by atoms with Crippen molar-refractivity contribution in [2.75, 3.05) is 33.4 Å². The van der Waals surface area contributed by atoms with Gasteiger partial charge in [0.15, 0.2) is 11.5 Å². The standard InChI is InChI=1S/C21H37NO3/c1-5-8-15-23-19-12-11-18(13-14-22-4)20(24-16-9-6-2)21(19)25-17-10-7-3/h11-12,22H,5-10,13-17H2,1-4H3. The summed E-state index contributed by atoms with van der Waals surface area (Å²) < 4.78 is 18.3. The molecule has 1 aromatic carbocycles. The minimum absolute atomic E-state index is 0.695. The van der Waals surface area contributed by atoms with E-state index in [1.165, 1.54) is 5.56 Å². The number of rotatable bonds is 15. The van der Waals surface area contributed by atoms with Crippen LogP contribution < -0.4 is 19.5 Å². The minimum Gasteiger partial charge on any atom is -0.490 e. The van der Waals surface area contributed by atoms with E-state index in [9.17, 15) is 0 Å². The number of likely N-dealkylation sites (N-methyl/N-ethyl adjacent to an activating group) is 1. The molecule has 1 aromatic rings. The first kappa shape index (κ1) is 21.6. The summed E-state index contributed by atoms with van der Waals surface area (Å²) in [6.45, 7) is 9.55. The average molecular weight is 352 g/mol. The van der Waals surface area contributed by atoms with Crippen LogP contribution in [0.2, 0.25) is 0 Å². The Morgan fingerprint density at radius 3 is 1.88 bits per heavy atom. The van der Waals surface area contributed by atoms with E-state index in [-0.39, 0.29) is 0 Å². The molecule has 0 fully saturated rings. The zero-order valence-corrected chi connectivity index (χ0v) is 16.7. The van der Waals surface area contributed by atoms with E-state index in [2.05, 4.69) is 32.2 Å². The fraction of sp³-hybridized carbons (Fsp3) is 0.714. The molecular formula is C21H37NO3. The quantitative estimate of drug-likeness (QED) is 0.452. The molecule has 144 valence electrons. The topological polar surface area (TPSA) is 39.7 Å². The van der Waals surface area contributed by atoms with Gasteiger partial charge in [-0.3, -0.25) is 0 Å². The lowest BCUT2D eigenvalue weighted by atomic mass is 10.1. The second-order valence-electron chi connectivity index (χ2n) is 6.34. The van der Waals surface area contributed by atoms with Gasteiger partial charge in [0.2, 0.25) is 5.75 Å². The highest BCUT2D eigenvalue weighted by atomic mass is 16.5. The van der Waals surface area contributed by atoms with Crippen molar-refractivity contribution in [1.82, 2.24) is 5.32 Å². The molecule has 4 heteroatoms. The molecule has 0 aliphatic carbocycles. The van der Waals surface area contributed by atoms with Crippen LogP contribution in [0.15, 0.2) is 12.1 Å². The maximum atomic E-state index is 6.15. The van der Waals surface area contributed by atoms with Gasteiger partial charge in [-0.2, -0.15) is 0 Å². The van der Waals surface area contributed by atoms with Gasteiger partial charge in [0, 0.05) is 0 Å². The molecule has 4 nitrogen and oxygen atoms in total. The van der Waals surface area contributed by atoms with E-state index >= 15 is 0 Å². The molecule has 1 N–H and O–H groups in total. The van der Waals surface area contributed by atoms with Gasteiger partial charge >= 0.3 is 0 Å². The third kappa shape index (κ3) is 8.00. The normalized spacial score (nSPS) is 10.7. The molecule has 0 saturated carbocycles. The summed E-state index contributed by atoms with van der Waals surface area (Å²) in [5.41, 5.74) is 1.18. The van der Waals surface area contributed by atoms with Gasteiger partial charge in [-0.1, -0.05) is 46.1 Å². The lowest BCUT2D eigenvalue weighted by molar-refractivity contribution is 0.235. The van der Waals surface area contributed by atoms with Gasteiger partial charge in [0.25, 0.3) is 0 Å². The molecule has 0 bridgehead atoms. The van der Waals surface area contributed by atoms with E-state index < -0.39 is 0 Å². The molecule has 1 rings (SSSR count). The number of hydrogen-bond donors (Lipinski definition) is 1. The van der Waals surface area contributed by atoms with Crippen molar-refractivity contribution in [3.8, 4) is 17.2 Å². The van der Waals surface area contributed by atoms with E-state index in [0.29, 0.717) is 19.8 Å². The van der Waals surface area contributed by atoms with Crippen molar-refractivity contribution in [1.29, 1.82) is 0 Å². The predicted molar refractivity (Wildman–Crippen MR) is 105 cm³/mol. The highest BCUT2D eigenvalue weighted by Crippen LogP contribution is 2.41. The summed E-state index contributed by atoms with van der Waals surface area (Å²) in [5.74, 6) is 2.47. The Morgan fingerprint density at radius 1 is 0.760 bits per heavy atom. The Morgan fingerprint density at radius 2 is 1.32 bits per heavy atom. The van der Waals surface area contributed by atoms with Crippen molar-refractivity contribution in [3.05, 3.63) is 17.7 Å². The van der Waals surface area contributed by atoms with Gasteiger partial charge in [0.05, 0.1) is 19.8 Å². The van der Waals surface area contributed by atoms with E-state index in [4.69, 9.17) is 14.2 Å². The fourth-order valence-electron chi connectivity index (χ4n) is 2.41. The Hall–Kier alpha value is -1.42. The Bertz CT molecular complexity index is 463. The number of benzene rings is 1. The van der Waals surface area contributed by atoms with Crippen LogP contribution in [0.5, 0.6) is 17.2 Å². The number of nitrogens with one attached hydrogen (secondary N) is 1. The van der Waals surface area contributed by atoms with E-state index in [1.54, 1.807) is 0 Å². The molecule has 0 heterocycles. The second-order valence-corrected chi connectivity index (χ2v) is 6.34. The highest BCUT2D eigenvalue weighted by molar-refractivity contribution is 5.56. The fourth-order valence-corrected chi connectivity index (χ4v) is 2.41. The summed E-state index contributed by atoms with van der Waals surface area (Å²) >= 11 is 0. The molecule has 0 aliphatic heterocycles. The molecule has 0 radical (unpaired) electrons. The molecule has 0 amide bonds. The minimum atomic E-state index is 0.695. The number of unbranched alkanes of at least 4 members (excludes halogenated alkanes) is 3. The van der Waals surface area contributed by atoms with Crippen molar-refractivity contribution in [3.63, 3.8) is 0 Å². The van der Waals surface area contributed by atoms with Crippen LogP contribution in [-0.4, -0.2) is 33.4 Å². The highest BCUT2D eigenvalue weighted by Gasteiger charge is 2.17. The molecule has 0 aliphatic rings. The van der Waals surface area contributed by atoms with Crippen molar-refractivity contribution in [2.24, 2.45) is 0 Å². The summed E-state index contributed by atoms with van der Waals surface area (Å²) in [6.07, 6.45) is 7.37. The third-order valence-corrected chi connectivity index (χ3v) is 4.05. The van der Waals surface area contributed by atoms with Crippen LogP contribution in [0.3, 0.4) is 0 Å². The molecule has 0 atom stereocenters. The summed E-state index contributed by atoms with van der Waals surface area (Å²) in [7, 11) is 1.97. The van der Waals surface area contributed by atoms with Crippen LogP contribution >= 0.6 is 0 Å². The first-order chi connectivity index (χ1) is 12.3. The summed E-state index contributed by atoms with van der Waals surface area (Å²) in [4.78, 5) is 0. The van der Waals surface area contributed by atoms with Gasteiger partial charge < -0.3 is 19.5 Å². The number of ether oxygens (including phenoxy) is 3. The van der Waals surface area contributed by atoms with Gasteiger partial charge in [-0.25, -0.2) is 0 Å². The maximum Gasteiger partial charge on any atom is 0.203 e. The zero-order valence-electron chi connectivity index (χ0n) is 16.7. The molecule has 0 saturated heterocycles. The van der Waals surface area contributed by atoms with Gasteiger partial charge in [0.1, 0.15) is 0 Å². The molecular weight excluding hydrogens is 314 g/mol. The predicted octanol–water partition coefficient (Wildman–Crippen LogP) is 4.99. The third-order valence-electron chi connectivity index (χ3n) is 4.05. The lowest BCUT2D eigenvalue weighted by Gasteiger charge is -2.20. The largest absolute Gasteiger partial charge is 0.490 e.